The standard InChI is InChI=1S/C31H55BrNO6P/c1-2-3-4-5-6-7-8-9-10-11-12-13-14-15-16-20-25-33(26-21-27-38-40(35,36)39-28-24-32)31(34)37-29-30-22-18-17-19-23-30/h17-19,22-23H,2-16,20-21,24-29H2,1H3,(H,35,36). The van der Waals surface area contributed by atoms with Gasteiger partial charge in [0.25, 0.3) is 0 Å². The van der Waals surface area contributed by atoms with Crippen LogP contribution < -0.4 is 0 Å². The van der Waals surface area contributed by atoms with Crippen LogP contribution in [-0.2, 0) is 25.0 Å². The molecule has 0 radical (unpaired) electrons. The summed E-state index contributed by atoms with van der Waals surface area (Å²) in [6.07, 6.45) is 20.9. The molecule has 1 aromatic carbocycles. The van der Waals surface area contributed by atoms with E-state index in [9.17, 15) is 14.3 Å². The minimum atomic E-state index is -4.06. The van der Waals surface area contributed by atoms with E-state index in [0.29, 0.717) is 24.8 Å². The van der Waals surface area contributed by atoms with E-state index in [4.69, 9.17) is 13.8 Å². The average Bonchev–Trinajstić information content (AvgIpc) is 2.96. The Morgan fingerprint density at radius 3 is 1.75 bits per heavy atom. The molecule has 0 aliphatic carbocycles. The second-order valence-electron chi connectivity index (χ2n) is 10.5. The van der Waals surface area contributed by atoms with Crippen LogP contribution in [0.3, 0.4) is 0 Å². The van der Waals surface area contributed by atoms with Gasteiger partial charge in [-0.15, -0.1) is 0 Å². The van der Waals surface area contributed by atoms with Gasteiger partial charge in [-0.25, -0.2) is 9.36 Å². The maximum Gasteiger partial charge on any atom is 0.472 e. The van der Waals surface area contributed by atoms with Gasteiger partial charge in [0, 0.05) is 18.4 Å². The van der Waals surface area contributed by atoms with Crippen molar-refractivity contribution < 1.29 is 28.0 Å². The van der Waals surface area contributed by atoms with E-state index in [-0.39, 0.29) is 25.9 Å². The number of hydrogen-bond donors (Lipinski definition) is 1. The molecule has 1 amide bonds. The summed E-state index contributed by atoms with van der Waals surface area (Å²) in [6.45, 7) is 3.60. The monoisotopic (exact) mass is 647 g/mol. The number of amides is 1. The highest BCUT2D eigenvalue weighted by Crippen LogP contribution is 2.43. The largest absolute Gasteiger partial charge is 0.472 e. The zero-order valence-electron chi connectivity index (χ0n) is 24.9. The van der Waals surface area contributed by atoms with Gasteiger partial charge in [-0.05, 0) is 18.4 Å². The van der Waals surface area contributed by atoms with Gasteiger partial charge in [0.15, 0.2) is 0 Å². The molecule has 9 heteroatoms. The second-order valence-corrected chi connectivity index (χ2v) is 12.8. The maximum atomic E-state index is 12.8. The molecule has 232 valence electrons. The number of carbonyl (C=O) groups is 1. The van der Waals surface area contributed by atoms with E-state index in [1.165, 1.54) is 89.9 Å². The van der Waals surface area contributed by atoms with Crippen LogP contribution in [0.2, 0.25) is 0 Å². The first-order valence-electron chi connectivity index (χ1n) is 15.6. The summed E-state index contributed by atoms with van der Waals surface area (Å²) in [6, 6.07) is 9.61. The molecule has 0 bridgehead atoms. The molecule has 40 heavy (non-hydrogen) atoms. The molecule has 0 saturated heterocycles. The molecule has 0 spiro atoms. The number of ether oxygens (including phenoxy) is 1. The van der Waals surface area contributed by atoms with Gasteiger partial charge in [0.1, 0.15) is 6.61 Å². The summed E-state index contributed by atoms with van der Waals surface area (Å²) in [5.74, 6) is 0. The summed E-state index contributed by atoms with van der Waals surface area (Å²) >= 11 is 3.15. The molecule has 0 saturated carbocycles. The molecule has 0 aliphatic rings. The van der Waals surface area contributed by atoms with Crippen molar-refractivity contribution in [1.82, 2.24) is 4.90 Å². The average molecular weight is 649 g/mol. The molecule has 0 aliphatic heterocycles. The number of hydrogen-bond acceptors (Lipinski definition) is 5. The van der Waals surface area contributed by atoms with Gasteiger partial charge in [-0.3, -0.25) is 9.05 Å². The molecular weight excluding hydrogens is 593 g/mol. The van der Waals surface area contributed by atoms with Crippen molar-refractivity contribution in [2.45, 2.75) is 123 Å². The number of carbonyl (C=O) groups excluding carboxylic acids is 1. The fourth-order valence-electron chi connectivity index (χ4n) is 4.58. The summed E-state index contributed by atoms with van der Waals surface area (Å²) in [5.41, 5.74) is 0.937. The highest BCUT2D eigenvalue weighted by molar-refractivity contribution is 9.09. The minimum absolute atomic E-state index is 0.0253. The van der Waals surface area contributed by atoms with Crippen LogP contribution >= 0.6 is 23.8 Å². The third-order valence-electron chi connectivity index (χ3n) is 6.90. The van der Waals surface area contributed by atoms with E-state index < -0.39 is 7.82 Å². The fourth-order valence-corrected chi connectivity index (χ4v) is 5.75. The molecule has 0 aromatic heterocycles. The van der Waals surface area contributed by atoms with E-state index in [1.807, 2.05) is 30.3 Å². The van der Waals surface area contributed by atoms with Crippen LogP contribution in [0, 0.1) is 0 Å². The summed E-state index contributed by atoms with van der Waals surface area (Å²) in [7, 11) is -4.06. The van der Waals surface area contributed by atoms with Gasteiger partial charge in [0.2, 0.25) is 0 Å². The second kappa shape index (κ2) is 25.8. The van der Waals surface area contributed by atoms with Crippen molar-refractivity contribution in [1.29, 1.82) is 0 Å². The van der Waals surface area contributed by atoms with Gasteiger partial charge in [0.05, 0.1) is 13.2 Å². The smallest absolute Gasteiger partial charge is 0.445 e. The molecule has 1 rings (SSSR count). The lowest BCUT2D eigenvalue weighted by atomic mass is 10.0. The lowest BCUT2D eigenvalue weighted by molar-refractivity contribution is 0.0916. The minimum Gasteiger partial charge on any atom is -0.445 e. The van der Waals surface area contributed by atoms with Crippen LogP contribution in [0.1, 0.15) is 122 Å². The van der Waals surface area contributed by atoms with Crippen LogP contribution in [0.5, 0.6) is 0 Å². The Bertz CT molecular complexity index is 769. The summed E-state index contributed by atoms with van der Waals surface area (Å²) < 4.78 is 27.2. The van der Waals surface area contributed by atoms with Crippen molar-refractivity contribution in [2.24, 2.45) is 0 Å². The Balaban J connectivity index is 2.20. The van der Waals surface area contributed by atoms with E-state index >= 15 is 0 Å². The SMILES string of the molecule is CCCCCCCCCCCCCCCCCCN(CCCOP(=O)(O)OCCBr)C(=O)OCc1ccccc1. The third kappa shape index (κ3) is 21.8. The van der Waals surface area contributed by atoms with E-state index in [2.05, 4.69) is 22.9 Å². The Labute approximate surface area is 252 Å². The molecule has 1 atom stereocenters. The zero-order valence-corrected chi connectivity index (χ0v) is 27.4. The third-order valence-corrected chi connectivity index (χ3v) is 8.24. The van der Waals surface area contributed by atoms with Gasteiger partial charge >= 0.3 is 13.9 Å². The topological polar surface area (TPSA) is 85.3 Å². The molecule has 1 aromatic rings. The van der Waals surface area contributed by atoms with Gasteiger partial charge < -0.3 is 14.5 Å². The van der Waals surface area contributed by atoms with Crippen LogP contribution in [0.15, 0.2) is 30.3 Å². The van der Waals surface area contributed by atoms with Crippen LogP contribution in [0.25, 0.3) is 0 Å². The molecule has 1 unspecified atom stereocenters. The number of phosphoric acid groups is 1. The summed E-state index contributed by atoms with van der Waals surface area (Å²) in [5, 5.41) is 0.446. The number of nitrogens with zero attached hydrogens (tertiary/aromatic N) is 1. The molecule has 0 fully saturated rings. The van der Waals surface area contributed by atoms with Crippen LogP contribution in [-0.4, -0.2) is 47.5 Å². The first kappa shape index (κ1) is 37.1. The van der Waals surface area contributed by atoms with E-state index in [1.54, 1.807) is 4.90 Å². The van der Waals surface area contributed by atoms with Crippen molar-refractivity contribution >= 4 is 29.8 Å². The predicted octanol–water partition coefficient (Wildman–Crippen LogP) is 9.81. The Morgan fingerprint density at radius 1 is 0.750 bits per heavy atom. The van der Waals surface area contributed by atoms with Crippen molar-refractivity contribution in [2.75, 3.05) is 31.6 Å². The zero-order chi connectivity index (χ0) is 29.2. The van der Waals surface area contributed by atoms with E-state index in [0.717, 1.165) is 18.4 Å². The van der Waals surface area contributed by atoms with Crippen molar-refractivity contribution in [3.8, 4) is 0 Å². The fraction of sp³-hybridized carbons (Fsp3) is 0.774. The van der Waals surface area contributed by atoms with Crippen molar-refractivity contribution in [3.63, 3.8) is 0 Å². The number of phosphoric ester groups is 1. The highest BCUT2D eigenvalue weighted by Gasteiger charge is 2.21. The quantitative estimate of drug-likeness (QED) is 0.0581. The number of halogens is 1. The number of benzene rings is 1. The lowest BCUT2D eigenvalue weighted by Crippen LogP contribution is -2.34. The normalized spacial score (nSPS) is 12.8. The first-order chi connectivity index (χ1) is 19.5. The number of rotatable bonds is 27. The Hall–Kier alpha value is -0.920. The lowest BCUT2D eigenvalue weighted by Gasteiger charge is -2.22. The molecule has 7 nitrogen and oxygen atoms in total. The molecular formula is C31H55BrNO6P. The summed E-state index contributed by atoms with van der Waals surface area (Å²) in [4.78, 5) is 24.1. The van der Waals surface area contributed by atoms with Crippen LogP contribution in [0.4, 0.5) is 4.79 Å². The van der Waals surface area contributed by atoms with Crippen molar-refractivity contribution in [3.05, 3.63) is 35.9 Å². The molecule has 1 N–H and O–H groups in total. The maximum absolute atomic E-state index is 12.8. The van der Waals surface area contributed by atoms with Gasteiger partial charge in [-0.2, -0.15) is 0 Å². The Kier molecular flexibility index (Phi) is 23.9. The molecule has 0 heterocycles. The first-order valence-corrected chi connectivity index (χ1v) is 18.2. The predicted molar refractivity (Wildman–Crippen MR) is 168 cm³/mol. The number of alkyl halides is 1. The highest BCUT2D eigenvalue weighted by atomic mass is 79.9. The Morgan fingerprint density at radius 2 is 1.23 bits per heavy atom. The number of unbranched alkanes of at least 4 members (excludes halogenated alkanes) is 15. The van der Waals surface area contributed by atoms with Gasteiger partial charge in [-0.1, -0.05) is 149 Å².